The van der Waals surface area contributed by atoms with Gasteiger partial charge in [0.1, 0.15) is 11.9 Å². The minimum absolute atomic E-state index is 0.0430. The lowest BCUT2D eigenvalue weighted by molar-refractivity contribution is 0.164. The van der Waals surface area contributed by atoms with Gasteiger partial charge < -0.3 is 4.74 Å². The topological polar surface area (TPSA) is 9.23 Å². The van der Waals surface area contributed by atoms with Gasteiger partial charge >= 0.3 is 0 Å². The molecule has 0 radical (unpaired) electrons. The molecule has 0 aliphatic carbocycles. The first-order valence-corrected chi connectivity index (χ1v) is 13.6. The Bertz CT molecular complexity index is 1360. The van der Waals surface area contributed by atoms with Crippen LogP contribution in [0.5, 0.6) is 5.75 Å². The highest BCUT2D eigenvalue weighted by molar-refractivity contribution is 5.63. The van der Waals surface area contributed by atoms with Crippen LogP contribution in [0.4, 0.5) is 0 Å². The highest BCUT2D eigenvalue weighted by Gasteiger charge is 2.37. The number of fused-ring (bicyclic) bond motifs is 1. The first kappa shape index (κ1) is 26.5. The largest absolute Gasteiger partial charge is 0.485 e. The fraction of sp³-hybridized carbons (Fsp3) is 0.486. The molecule has 1 heteroatoms. The summed E-state index contributed by atoms with van der Waals surface area (Å²) in [6.07, 6.45) is 1.02. The van der Waals surface area contributed by atoms with Crippen LogP contribution in [0.15, 0.2) is 0 Å². The third-order valence-corrected chi connectivity index (χ3v) is 10.5. The van der Waals surface area contributed by atoms with Gasteiger partial charge in [-0.25, -0.2) is 0 Å². The van der Waals surface area contributed by atoms with Crippen molar-refractivity contribution in [3.8, 4) is 5.75 Å². The van der Waals surface area contributed by atoms with Crippen LogP contribution in [0.1, 0.15) is 113 Å². The average molecular weight is 483 g/mol. The van der Waals surface area contributed by atoms with Crippen molar-refractivity contribution in [2.75, 3.05) is 0 Å². The summed E-state index contributed by atoms with van der Waals surface area (Å²) in [5.41, 5.74) is 24.0. The molecule has 3 aromatic rings. The van der Waals surface area contributed by atoms with Gasteiger partial charge in [0.2, 0.25) is 0 Å². The summed E-state index contributed by atoms with van der Waals surface area (Å²) in [7, 11) is 0. The van der Waals surface area contributed by atoms with E-state index < -0.39 is 0 Å². The molecule has 0 bridgehead atoms. The second-order valence-corrected chi connectivity index (χ2v) is 11.7. The zero-order chi connectivity index (χ0) is 27.0. The predicted octanol–water partition coefficient (Wildman–Crippen LogP) is 9.66. The summed E-state index contributed by atoms with van der Waals surface area (Å²) >= 11 is 0. The molecule has 0 fully saturated rings. The Morgan fingerprint density at radius 1 is 0.361 bits per heavy atom. The zero-order valence-electron chi connectivity index (χ0n) is 25.3. The lowest BCUT2D eigenvalue weighted by Gasteiger charge is -2.39. The molecule has 0 saturated heterocycles. The first-order valence-electron chi connectivity index (χ1n) is 13.6. The van der Waals surface area contributed by atoms with E-state index in [0.717, 1.165) is 12.2 Å². The van der Waals surface area contributed by atoms with E-state index in [-0.39, 0.29) is 6.10 Å². The Labute approximate surface area is 220 Å². The van der Waals surface area contributed by atoms with E-state index in [1.165, 1.54) is 94.6 Å². The molecule has 0 aromatic heterocycles. The monoisotopic (exact) mass is 482 g/mol. The zero-order valence-corrected chi connectivity index (χ0v) is 25.3. The van der Waals surface area contributed by atoms with E-state index in [9.17, 15) is 0 Å². The fourth-order valence-electron chi connectivity index (χ4n) is 6.90. The predicted molar refractivity (Wildman–Crippen MR) is 155 cm³/mol. The molecule has 0 N–H and O–H groups in total. The second kappa shape index (κ2) is 9.09. The maximum atomic E-state index is 7.09. The number of hydrogen-bond acceptors (Lipinski definition) is 1. The molecule has 1 heterocycles. The molecule has 0 spiro atoms. The maximum absolute atomic E-state index is 7.09. The first-order chi connectivity index (χ1) is 16.7. The Morgan fingerprint density at radius 2 is 0.667 bits per heavy atom. The van der Waals surface area contributed by atoms with E-state index in [0.29, 0.717) is 5.92 Å². The number of rotatable bonds is 2. The minimum atomic E-state index is 0.0430. The maximum Gasteiger partial charge on any atom is 0.127 e. The van der Waals surface area contributed by atoms with Crippen LogP contribution in [-0.2, 0) is 0 Å². The summed E-state index contributed by atoms with van der Waals surface area (Å²) in [5, 5.41) is 0. The van der Waals surface area contributed by atoms with Crippen molar-refractivity contribution in [1.29, 1.82) is 0 Å². The molecule has 192 valence electrons. The summed E-state index contributed by atoms with van der Waals surface area (Å²) in [6, 6.07) is 0. The van der Waals surface area contributed by atoms with Gasteiger partial charge in [0.25, 0.3) is 0 Å². The summed E-state index contributed by atoms with van der Waals surface area (Å²) < 4.78 is 7.09. The van der Waals surface area contributed by atoms with E-state index in [2.05, 4.69) is 96.9 Å². The Morgan fingerprint density at radius 3 is 1.08 bits per heavy atom. The SMILES string of the molecule is Cc1c(C)c(C)c(C2CC(c3c(C)c(C)c(C)c(C)c3C)c3c(C)c(C)c(C)c(C)c3O2)c(C)c1C. The standard InChI is InChI=1S/C35H46O/c1-16-18(3)24(9)32(25(10)19(16)4)30-15-31(33-26(11)20(5)17(2)21(6)27(33)12)36-35-29(14)23(8)22(7)28(13)34(30)35/h30-31H,15H2,1-14H3. The van der Waals surface area contributed by atoms with Crippen LogP contribution < -0.4 is 4.74 Å². The van der Waals surface area contributed by atoms with Crippen LogP contribution >= 0.6 is 0 Å². The third kappa shape index (κ3) is 3.65. The van der Waals surface area contributed by atoms with Gasteiger partial charge in [0.05, 0.1) is 0 Å². The smallest absolute Gasteiger partial charge is 0.127 e. The highest BCUT2D eigenvalue weighted by Crippen LogP contribution is 2.52. The van der Waals surface area contributed by atoms with Crippen LogP contribution in [0.3, 0.4) is 0 Å². The second-order valence-electron chi connectivity index (χ2n) is 11.7. The normalized spacial score (nSPS) is 17.3. The van der Waals surface area contributed by atoms with Crippen molar-refractivity contribution >= 4 is 0 Å². The molecule has 1 aliphatic rings. The molecular weight excluding hydrogens is 436 g/mol. The minimum Gasteiger partial charge on any atom is -0.485 e. The number of ether oxygens (including phenoxy) is 1. The van der Waals surface area contributed by atoms with Crippen molar-refractivity contribution in [3.05, 3.63) is 94.6 Å². The molecule has 3 aromatic carbocycles. The fourth-order valence-corrected chi connectivity index (χ4v) is 6.90. The van der Waals surface area contributed by atoms with E-state index in [1.54, 1.807) is 0 Å². The molecule has 1 aliphatic heterocycles. The quantitative estimate of drug-likeness (QED) is 0.353. The summed E-state index contributed by atoms with van der Waals surface area (Å²) in [4.78, 5) is 0. The van der Waals surface area contributed by atoms with Crippen LogP contribution in [0.25, 0.3) is 0 Å². The Kier molecular flexibility index (Phi) is 6.69. The van der Waals surface area contributed by atoms with Crippen LogP contribution in [0, 0.1) is 96.9 Å². The van der Waals surface area contributed by atoms with Gasteiger partial charge in [-0.3, -0.25) is 0 Å². The molecule has 2 unspecified atom stereocenters. The number of hydrogen-bond donors (Lipinski definition) is 0. The molecule has 0 amide bonds. The molecule has 36 heavy (non-hydrogen) atoms. The molecule has 4 rings (SSSR count). The molecule has 1 nitrogen and oxygen atoms in total. The lowest BCUT2D eigenvalue weighted by atomic mass is 9.72. The highest BCUT2D eigenvalue weighted by atomic mass is 16.5. The molecular formula is C35H46O. The van der Waals surface area contributed by atoms with Gasteiger partial charge in [0.15, 0.2) is 0 Å². The van der Waals surface area contributed by atoms with Gasteiger partial charge in [-0.1, -0.05) is 0 Å². The van der Waals surface area contributed by atoms with Gasteiger partial charge in [-0.2, -0.15) is 0 Å². The van der Waals surface area contributed by atoms with Gasteiger partial charge in [-0.15, -0.1) is 0 Å². The van der Waals surface area contributed by atoms with E-state index >= 15 is 0 Å². The van der Waals surface area contributed by atoms with Gasteiger partial charge in [-0.05, 0) is 192 Å². The average Bonchev–Trinajstić information content (AvgIpc) is 2.85. The van der Waals surface area contributed by atoms with Crippen LogP contribution in [-0.4, -0.2) is 0 Å². The third-order valence-electron chi connectivity index (χ3n) is 10.5. The van der Waals surface area contributed by atoms with Crippen molar-refractivity contribution < 1.29 is 4.74 Å². The van der Waals surface area contributed by atoms with Crippen molar-refractivity contribution in [2.24, 2.45) is 0 Å². The van der Waals surface area contributed by atoms with E-state index in [4.69, 9.17) is 4.74 Å². The van der Waals surface area contributed by atoms with Crippen LogP contribution in [0.2, 0.25) is 0 Å². The van der Waals surface area contributed by atoms with Crippen molar-refractivity contribution in [1.82, 2.24) is 0 Å². The molecule has 2 atom stereocenters. The number of benzene rings is 3. The molecule has 0 saturated carbocycles. The van der Waals surface area contributed by atoms with Crippen molar-refractivity contribution in [3.63, 3.8) is 0 Å². The summed E-state index contributed by atoms with van der Waals surface area (Å²) in [6.45, 7) is 32.1. The van der Waals surface area contributed by atoms with Gasteiger partial charge in [0, 0.05) is 11.5 Å². The van der Waals surface area contributed by atoms with E-state index in [1.807, 2.05) is 0 Å². The summed E-state index contributed by atoms with van der Waals surface area (Å²) in [5.74, 6) is 1.44. The van der Waals surface area contributed by atoms with Crippen molar-refractivity contribution in [2.45, 2.75) is 115 Å². The Balaban J connectivity index is 2.09. The lowest BCUT2D eigenvalue weighted by Crippen LogP contribution is -2.26. The Hall–Kier alpha value is -2.54.